The van der Waals surface area contributed by atoms with Crippen LogP contribution in [0.5, 0.6) is 0 Å². The van der Waals surface area contributed by atoms with Crippen molar-refractivity contribution in [3.63, 3.8) is 0 Å². The van der Waals surface area contributed by atoms with Crippen molar-refractivity contribution in [1.29, 1.82) is 0 Å². The zero-order valence-electron chi connectivity index (χ0n) is 14.9. The number of amides is 1. The molecule has 2 aliphatic rings. The van der Waals surface area contributed by atoms with Crippen LogP contribution in [-0.2, 0) is 17.7 Å². The molecule has 1 atom stereocenters. The van der Waals surface area contributed by atoms with Gasteiger partial charge in [-0.15, -0.1) is 0 Å². The molecule has 1 aromatic carbocycles. The normalized spacial score (nSPS) is 19.2. The Labute approximate surface area is 153 Å². The predicted octanol–water partition coefficient (Wildman–Crippen LogP) is 2.76. The predicted molar refractivity (Wildman–Crippen MR) is 100 cm³/mol. The van der Waals surface area contributed by atoms with Crippen molar-refractivity contribution in [2.24, 2.45) is 0 Å². The van der Waals surface area contributed by atoms with E-state index in [1.54, 1.807) is 10.6 Å². The Morgan fingerprint density at radius 3 is 2.81 bits per heavy atom. The third-order valence-corrected chi connectivity index (χ3v) is 5.29. The summed E-state index contributed by atoms with van der Waals surface area (Å²) in [6, 6.07) is 11.3. The molecule has 1 saturated heterocycles. The van der Waals surface area contributed by atoms with Gasteiger partial charge in [-0.05, 0) is 37.7 Å². The van der Waals surface area contributed by atoms with Gasteiger partial charge in [-0.1, -0.05) is 30.3 Å². The zero-order valence-corrected chi connectivity index (χ0v) is 14.9. The smallest absolute Gasteiger partial charge is 0.253 e. The minimum Gasteiger partial charge on any atom is -0.376 e. The van der Waals surface area contributed by atoms with E-state index in [4.69, 9.17) is 4.74 Å². The zero-order chi connectivity index (χ0) is 17.9. The van der Waals surface area contributed by atoms with Crippen LogP contribution in [0.3, 0.4) is 0 Å². The number of hydrogen-bond donors (Lipinski definition) is 1. The SMILES string of the molecule is O=C(NCC1CCCO1)c1c(-c2ccccc2)cc(=O)n2c1CCCC2. The van der Waals surface area contributed by atoms with Crippen molar-refractivity contribution in [3.8, 4) is 11.1 Å². The average Bonchev–Trinajstić information content (AvgIpc) is 3.20. The van der Waals surface area contributed by atoms with Gasteiger partial charge >= 0.3 is 0 Å². The lowest BCUT2D eigenvalue weighted by atomic mass is 9.94. The first-order valence-electron chi connectivity index (χ1n) is 9.46. The summed E-state index contributed by atoms with van der Waals surface area (Å²) >= 11 is 0. The number of ether oxygens (including phenoxy) is 1. The summed E-state index contributed by atoms with van der Waals surface area (Å²) in [5.74, 6) is -0.106. The number of hydrogen-bond acceptors (Lipinski definition) is 3. The fraction of sp³-hybridized carbons (Fsp3) is 0.429. The molecule has 0 aliphatic carbocycles. The molecule has 136 valence electrons. The van der Waals surface area contributed by atoms with Gasteiger partial charge in [0.15, 0.2) is 0 Å². The van der Waals surface area contributed by atoms with Gasteiger partial charge in [0, 0.05) is 37.0 Å². The van der Waals surface area contributed by atoms with Gasteiger partial charge in [0.2, 0.25) is 0 Å². The molecule has 1 N–H and O–H groups in total. The average molecular weight is 352 g/mol. The molecule has 26 heavy (non-hydrogen) atoms. The summed E-state index contributed by atoms with van der Waals surface area (Å²) < 4.78 is 7.39. The molecular formula is C21H24N2O3. The number of nitrogens with one attached hydrogen (secondary N) is 1. The molecule has 1 fully saturated rings. The molecule has 1 aromatic heterocycles. The van der Waals surface area contributed by atoms with Gasteiger partial charge in [0.1, 0.15) is 0 Å². The Morgan fingerprint density at radius 1 is 1.19 bits per heavy atom. The largest absolute Gasteiger partial charge is 0.376 e. The lowest BCUT2D eigenvalue weighted by molar-refractivity contribution is 0.0856. The standard InChI is InChI=1S/C21H24N2O3/c24-19-13-17(15-7-2-1-3-8-15)20(18-10-4-5-11-23(18)19)21(25)22-14-16-9-6-12-26-16/h1-3,7-8,13,16H,4-6,9-12,14H2,(H,22,25). The van der Waals surface area contributed by atoms with Crippen LogP contribution < -0.4 is 10.9 Å². The van der Waals surface area contributed by atoms with Gasteiger partial charge in [0.05, 0.1) is 11.7 Å². The van der Waals surface area contributed by atoms with Crippen LogP contribution in [0.25, 0.3) is 11.1 Å². The maximum atomic E-state index is 13.1. The molecule has 0 radical (unpaired) electrons. The van der Waals surface area contributed by atoms with Crippen molar-refractivity contribution in [2.75, 3.05) is 13.2 Å². The summed E-state index contributed by atoms with van der Waals surface area (Å²) in [6.07, 6.45) is 4.88. The number of rotatable bonds is 4. The van der Waals surface area contributed by atoms with Gasteiger partial charge in [-0.3, -0.25) is 9.59 Å². The molecule has 4 rings (SSSR count). The number of pyridine rings is 1. The second-order valence-corrected chi connectivity index (χ2v) is 7.04. The first-order valence-corrected chi connectivity index (χ1v) is 9.46. The van der Waals surface area contributed by atoms with Crippen LogP contribution in [0, 0.1) is 0 Å². The quantitative estimate of drug-likeness (QED) is 0.920. The molecule has 0 spiro atoms. The molecule has 2 aliphatic heterocycles. The lowest BCUT2D eigenvalue weighted by Crippen LogP contribution is -2.36. The van der Waals surface area contributed by atoms with Crippen molar-refractivity contribution in [2.45, 2.75) is 44.8 Å². The Hall–Kier alpha value is -2.40. The second kappa shape index (κ2) is 7.46. The third-order valence-electron chi connectivity index (χ3n) is 5.29. The number of aromatic nitrogens is 1. The van der Waals surface area contributed by atoms with Gasteiger partial charge in [0.25, 0.3) is 11.5 Å². The van der Waals surface area contributed by atoms with Crippen LogP contribution in [0.1, 0.15) is 41.7 Å². The highest BCUT2D eigenvalue weighted by molar-refractivity contribution is 6.02. The molecule has 0 bridgehead atoms. The Bertz CT molecular complexity index is 852. The van der Waals surface area contributed by atoms with E-state index in [0.29, 0.717) is 18.7 Å². The van der Waals surface area contributed by atoms with Crippen LogP contribution in [-0.4, -0.2) is 29.7 Å². The highest BCUT2D eigenvalue weighted by atomic mass is 16.5. The van der Waals surface area contributed by atoms with E-state index in [1.165, 1.54) is 0 Å². The van der Waals surface area contributed by atoms with Crippen LogP contribution in [0.4, 0.5) is 0 Å². The fourth-order valence-electron chi connectivity index (χ4n) is 3.96. The molecule has 5 nitrogen and oxygen atoms in total. The maximum absolute atomic E-state index is 13.1. The lowest BCUT2D eigenvalue weighted by Gasteiger charge is -2.24. The van der Waals surface area contributed by atoms with Crippen LogP contribution in [0.15, 0.2) is 41.2 Å². The van der Waals surface area contributed by atoms with Gasteiger partial charge in [-0.2, -0.15) is 0 Å². The van der Waals surface area contributed by atoms with Crippen LogP contribution in [0.2, 0.25) is 0 Å². The molecule has 0 saturated carbocycles. The van der Waals surface area contributed by atoms with Crippen LogP contribution >= 0.6 is 0 Å². The van der Waals surface area contributed by atoms with Gasteiger partial charge < -0.3 is 14.6 Å². The first kappa shape index (κ1) is 17.0. The maximum Gasteiger partial charge on any atom is 0.253 e. The highest BCUT2D eigenvalue weighted by Crippen LogP contribution is 2.28. The van der Waals surface area contributed by atoms with E-state index < -0.39 is 0 Å². The van der Waals surface area contributed by atoms with Gasteiger partial charge in [-0.25, -0.2) is 0 Å². The number of carbonyl (C=O) groups is 1. The Balaban J connectivity index is 1.74. The molecule has 2 aromatic rings. The van der Waals surface area contributed by atoms with Crippen molar-refractivity contribution >= 4 is 5.91 Å². The van der Waals surface area contributed by atoms with E-state index in [1.807, 2.05) is 30.3 Å². The summed E-state index contributed by atoms with van der Waals surface area (Å²) in [7, 11) is 0. The minimum absolute atomic E-state index is 0.0192. The fourth-order valence-corrected chi connectivity index (χ4v) is 3.96. The van der Waals surface area contributed by atoms with E-state index in [0.717, 1.165) is 55.5 Å². The molecule has 1 amide bonds. The number of benzene rings is 1. The van der Waals surface area contributed by atoms with E-state index in [9.17, 15) is 9.59 Å². The third kappa shape index (κ3) is 3.31. The van der Waals surface area contributed by atoms with E-state index in [-0.39, 0.29) is 17.6 Å². The summed E-state index contributed by atoms with van der Waals surface area (Å²) in [5.41, 5.74) is 3.13. The summed E-state index contributed by atoms with van der Waals surface area (Å²) in [5, 5.41) is 3.04. The molecule has 5 heteroatoms. The Morgan fingerprint density at radius 2 is 2.04 bits per heavy atom. The van der Waals surface area contributed by atoms with Crippen molar-refractivity contribution < 1.29 is 9.53 Å². The van der Waals surface area contributed by atoms with Crippen molar-refractivity contribution in [3.05, 3.63) is 58.0 Å². The van der Waals surface area contributed by atoms with Crippen molar-refractivity contribution in [1.82, 2.24) is 9.88 Å². The monoisotopic (exact) mass is 352 g/mol. The first-order chi connectivity index (χ1) is 12.7. The minimum atomic E-state index is -0.106. The molecular weight excluding hydrogens is 328 g/mol. The Kier molecular flexibility index (Phi) is 4.89. The second-order valence-electron chi connectivity index (χ2n) is 7.04. The van der Waals surface area contributed by atoms with E-state index >= 15 is 0 Å². The number of carbonyl (C=O) groups excluding carboxylic acids is 1. The number of nitrogens with zero attached hydrogens (tertiary/aromatic N) is 1. The number of fused-ring (bicyclic) bond motifs is 1. The summed E-state index contributed by atoms with van der Waals surface area (Å²) in [6.45, 7) is 1.98. The summed E-state index contributed by atoms with van der Waals surface area (Å²) in [4.78, 5) is 25.7. The molecule has 1 unspecified atom stereocenters. The van der Waals surface area contributed by atoms with E-state index in [2.05, 4.69) is 5.32 Å². The highest BCUT2D eigenvalue weighted by Gasteiger charge is 2.25. The molecule has 3 heterocycles. The topological polar surface area (TPSA) is 60.3 Å².